The molecule has 0 aromatic heterocycles. The van der Waals surface area contributed by atoms with E-state index in [2.05, 4.69) is 4.72 Å². The van der Waals surface area contributed by atoms with Crippen LogP contribution in [-0.2, 0) is 10.0 Å². The molecule has 1 aromatic rings. The molecule has 6 heteroatoms. The standard InChI is InChI=1S/C14H19NO4S/c1-11(16)12-5-4-6-13(9-12)20(18,19)15-10-14(17)7-2-3-8-14/h4-6,9,15,17H,2-3,7-8,10H2,1H3. The fourth-order valence-corrected chi connectivity index (χ4v) is 3.57. The Bertz CT molecular complexity index is 603. The molecule has 0 unspecified atom stereocenters. The van der Waals surface area contributed by atoms with Crippen LogP contribution < -0.4 is 4.72 Å². The average Bonchev–Trinajstić information content (AvgIpc) is 2.84. The van der Waals surface area contributed by atoms with Crippen LogP contribution in [0.25, 0.3) is 0 Å². The van der Waals surface area contributed by atoms with E-state index < -0.39 is 15.6 Å². The second-order valence-corrected chi connectivity index (χ2v) is 7.11. The van der Waals surface area contributed by atoms with Crippen molar-refractivity contribution in [2.24, 2.45) is 0 Å². The summed E-state index contributed by atoms with van der Waals surface area (Å²) < 4.78 is 26.8. The van der Waals surface area contributed by atoms with E-state index in [1.165, 1.54) is 25.1 Å². The molecule has 20 heavy (non-hydrogen) atoms. The molecule has 0 spiro atoms. The van der Waals surface area contributed by atoms with Crippen LogP contribution in [-0.4, -0.2) is 31.5 Å². The molecule has 5 nitrogen and oxygen atoms in total. The lowest BCUT2D eigenvalue weighted by Crippen LogP contribution is -2.40. The largest absolute Gasteiger partial charge is 0.389 e. The van der Waals surface area contributed by atoms with Crippen LogP contribution in [0.1, 0.15) is 43.0 Å². The fraction of sp³-hybridized carbons (Fsp3) is 0.500. The van der Waals surface area contributed by atoms with Gasteiger partial charge in [-0.2, -0.15) is 0 Å². The predicted octanol–water partition coefficient (Wildman–Crippen LogP) is 1.47. The highest BCUT2D eigenvalue weighted by molar-refractivity contribution is 7.89. The summed E-state index contributed by atoms with van der Waals surface area (Å²) in [6.45, 7) is 1.40. The maximum atomic E-state index is 12.2. The van der Waals surface area contributed by atoms with Gasteiger partial charge in [-0.15, -0.1) is 0 Å². The molecule has 1 saturated carbocycles. The van der Waals surface area contributed by atoms with Crippen LogP contribution >= 0.6 is 0 Å². The summed E-state index contributed by atoms with van der Waals surface area (Å²) in [6.07, 6.45) is 3.06. The zero-order chi connectivity index (χ0) is 14.8. The predicted molar refractivity (Wildman–Crippen MR) is 75.1 cm³/mol. The normalized spacial score (nSPS) is 18.1. The molecule has 2 rings (SSSR count). The summed E-state index contributed by atoms with van der Waals surface area (Å²) >= 11 is 0. The van der Waals surface area contributed by atoms with Gasteiger partial charge in [-0.25, -0.2) is 13.1 Å². The maximum Gasteiger partial charge on any atom is 0.240 e. The molecule has 0 bridgehead atoms. The first kappa shape index (κ1) is 15.2. The Morgan fingerprint density at radius 3 is 2.60 bits per heavy atom. The van der Waals surface area contributed by atoms with Crippen LogP contribution in [0.4, 0.5) is 0 Å². The van der Waals surface area contributed by atoms with Gasteiger partial charge in [-0.05, 0) is 31.9 Å². The Labute approximate surface area is 119 Å². The second kappa shape index (κ2) is 5.63. The lowest BCUT2D eigenvalue weighted by Gasteiger charge is -2.22. The number of carbonyl (C=O) groups excluding carboxylic acids is 1. The maximum absolute atomic E-state index is 12.2. The van der Waals surface area contributed by atoms with E-state index in [1.54, 1.807) is 6.07 Å². The number of hydrogen-bond donors (Lipinski definition) is 2. The van der Waals surface area contributed by atoms with Crippen molar-refractivity contribution in [1.29, 1.82) is 0 Å². The molecule has 1 aliphatic carbocycles. The molecule has 1 fully saturated rings. The number of Topliss-reactive ketones (excluding diaryl/α,β-unsaturated/α-hetero) is 1. The van der Waals surface area contributed by atoms with E-state index in [0.29, 0.717) is 18.4 Å². The van der Waals surface area contributed by atoms with Crippen molar-refractivity contribution in [3.63, 3.8) is 0 Å². The molecule has 2 N–H and O–H groups in total. The van der Waals surface area contributed by atoms with E-state index in [4.69, 9.17) is 0 Å². The fourth-order valence-electron chi connectivity index (χ4n) is 2.40. The van der Waals surface area contributed by atoms with E-state index in [-0.39, 0.29) is 17.2 Å². The lowest BCUT2D eigenvalue weighted by atomic mass is 10.0. The van der Waals surface area contributed by atoms with Crippen LogP contribution in [0.2, 0.25) is 0 Å². The number of benzene rings is 1. The number of rotatable bonds is 5. The highest BCUT2D eigenvalue weighted by Crippen LogP contribution is 2.29. The number of ketones is 1. The Hall–Kier alpha value is -1.24. The Morgan fingerprint density at radius 2 is 2.00 bits per heavy atom. The lowest BCUT2D eigenvalue weighted by molar-refractivity contribution is 0.0531. The first-order valence-electron chi connectivity index (χ1n) is 6.65. The first-order chi connectivity index (χ1) is 9.32. The Balaban J connectivity index is 2.14. The molecule has 0 aliphatic heterocycles. The minimum atomic E-state index is -3.70. The Morgan fingerprint density at radius 1 is 1.35 bits per heavy atom. The number of aliphatic hydroxyl groups is 1. The van der Waals surface area contributed by atoms with Gasteiger partial charge in [0.25, 0.3) is 0 Å². The van der Waals surface area contributed by atoms with Gasteiger partial charge >= 0.3 is 0 Å². The third-order valence-corrected chi connectivity index (χ3v) is 5.08. The minimum absolute atomic E-state index is 0.0135. The van der Waals surface area contributed by atoms with Gasteiger partial charge in [0.05, 0.1) is 10.5 Å². The van der Waals surface area contributed by atoms with Crippen LogP contribution in [0.15, 0.2) is 29.2 Å². The summed E-state index contributed by atoms with van der Waals surface area (Å²) in [7, 11) is -3.70. The van der Waals surface area contributed by atoms with E-state index in [0.717, 1.165) is 12.8 Å². The van der Waals surface area contributed by atoms with E-state index in [1.807, 2.05) is 0 Å². The smallest absolute Gasteiger partial charge is 0.240 e. The van der Waals surface area contributed by atoms with Gasteiger partial charge in [0.2, 0.25) is 10.0 Å². The third-order valence-electron chi connectivity index (χ3n) is 3.68. The van der Waals surface area contributed by atoms with Crippen molar-refractivity contribution in [1.82, 2.24) is 4.72 Å². The van der Waals surface area contributed by atoms with Gasteiger partial charge < -0.3 is 5.11 Å². The van der Waals surface area contributed by atoms with E-state index in [9.17, 15) is 18.3 Å². The zero-order valence-electron chi connectivity index (χ0n) is 11.4. The van der Waals surface area contributed by atoms with Crippen molar-refractivity contribution in [2.45, 2.75) is 43.1 Å². The number of hydrogen-bond acceptors (Lipinski definition) is 4. The Kier molecular flexibility index (Phi) is 4.27. The number of nitrogens with one attached hydrogen (secondary N) is 1. The van der Waals surface area contributed by atoms with Gasteiger partial charge in [-0.3, -0.25) is 4.79 Å². The molecule has 0 atom stereocenters. The average molecular weight is 297 g/mol. The van der Waals surface area contributed by atoms with Crippen LogP contribution in [0, 0.1) is 0 Å². The van der Waals surface area contributed by atoms with Crippen LogP contribution in [0.3, 0.4) is 0 Å². The highest BCUT2D eigenvalue weighted by atomic mass is 32.2. The molecule has 0 saturated heterocycles. The molecule has 0 heterocycles. The molecule has 1 aliphatic rings. The second-order valence-electron chi connectivity index (χ2n) is 5.34. The first-order valence-corrected chi connectivity index (χ1v) is 8.14. The quantitative estimate of drug-likeness (QED) is 0.806. The minimum Gasteiger partial charge on any atom is -0.389 e. The number of carbonyl (C=O) groups is 1. The van der Waals surface area contributed by atoms with Gasteiger partial charge in [0.1, 0.15) is 0 Å². The molecule has 110 valence electrons. The summed E-state index contributed by atoms with van der Waals surface area (Å²) in [5.41, 5.74) is -0.585. The number of sulfonamides is 1. The topological polar surface area (TPSA) is 83.5 Å². The molecular formula is C14H19NO4S. The zero-order valence-corrected chi connectivity index (χ0v) is 12.2. The van der Waals surface area contributed by atoms with Crippen molar-refractivity contribution < 1.29 is 18.3 Å². The molecular weight excluding hydrogens is 278 g/mol. The van der Waals surface area contributed by atoms with Crippen molar-refractivity contribution in [3.05, 3.63) is 29.8 Å². The summed E-state index contributed by atoms with van der Waals surface area (Å²) in [5, 5.41) is 10.2. The SMILES string of the molecule is CC(=O)c1cccc(S(=O)(=O)NCC2(O)CCCC2)c1. The highest BCUT2D eigenvalue weighted by Gasteiger charge is 2.32. The third kappa shape index (κ3) is 3.45. The molecule has 0 radical (unpaired) electrons. The summed E-state index contributed by atoms with van der Waals surface area (Å²) in [6, 6.07) is 5.90. The van der Waals surface area contributed by atoms with Crippen LogP contribution in [0.5, 0.6) is 0 Å². The van der Waals surface area contributed by atoms with Crippen molar-refractivity contribution in [2.75, 3.05) is 6.54 Å². The summed E-state index contributed by atoms with van der Waals surface area (Å²) in [5.74, 6) is -0.184. The van der Waals surface area contributed by atoms with Gasteiger partial charge in [0, 0.05) is 12.1 Å². The molecule has 1 aromatic carbocycles. The monoisotopic (exact) mass is 297 g/mol. The van der Waals surface area contributed by atoms with Gasteiger partial charge in [-0.1, -0.05) is 25.0 Å². The van der Waals surface area contributed by atoms with Crippen molar-refractivity contribution >= 4 is 15.8 Å². The molecule has 0 amide bonds. The van der Waals surface area contributed by atoms with Gasteiger partial charge in [0.15, 0.2) is 5.78 Å². The summed E-state index contributed by atoms with van der Waals surface area (Å²) in [4.78, 5) is 11.3. The van der Waals surface area contributed by atoms with Crippen molar-refractivity contribution in [3.8, 4) is 0 Å². The van der Waals surface area contributed by atoms with E-state index >= 15 is 0 Å².